The van der Waals surface area contributed by atoms with E-state index in [0.29, 0.717) is 18.1 Å². The third kappa shape index (κ3) is 3.26. The van der Waals surface area contributed by atoms with Gasteiger partial charge in [0.1, 0.15) is 18.1 Å². The molecular weight excluding hydrogens is 244 g/mol. The summed E-state index contributed by atoms with van der Waals surface area (Å²) >= 11 is 0. The van der Waals surface area contributed by atoms with Crippen LogP contribution in [-0.4, -0.2) is 22.0 Å². The van der Waals surface area contributed by atoms with Crippen LogP contribution in [0.15, 0.2) is 30.6 Å². The molecule has 0 aliphatic carbocycles. The lowest BCUT2D eigenvalue weighted by atomic mass is 10.2. The third-order valence-corrected chi connectivity index (χ3v) is 2.85. The van der Waals surface area contributed by atoms with Crippen LogP contribution in [0.3, 0.4) is 0 Å². The average Bonchev–Trinajstić information content (AvgIpc) is 2.92. The van der Waals surface area contributed by atoms with Gasteiger partial charge in [-0.15, -0.1) is 0 Å². The van der Waals surface area contributed by atoms with Crippen molar-refractivity contribution in [2.75, 3.05) is 7.11 Å². The minimum Gasteiger partial charge on any atom is -0.497 e. The second-order valence-corrected chi connectivity index (χ2v) is 4.12. The Hall–Kier alpha value is -2.01. The molecule has 0 saturated heterocycles. The Bertz CT molecular complexity index is 537. The number of aryl methyl sites for hydroxylation is 1. The van der Waals surface area contributed by atoms with Crippen LogP contribution in [0.2, 0.25) is 0 Å². The van der Waals surface area contributed by atoms with Crippen LogP contribution in [0.1, 0.15) is 18.1 Å². The molecule has 1 aromatic heterocycles. The van der Waals surface area contributed by atoms with E-state index in [4.69, 9.17) is 9.47 Å². The van der Waals surface area contributed by atoms with Crippen molar-refractivity contribution in [2.45, 2.75) is 26.7 Å². The summed E-state index contributed by atoms with van der Waals surface area (Å²) in [6, 6.07) is 5.37. The van der Waals surface area contributed by atoms with Gasteiger partial charge in [0.25, 0.3) is 0 Å². The van der Waals surface area contributed by atoms with E-state index >= 15 is 0 Å². The summed E-state index contributed by atoms with van der Waals surface area (Å²) in [5.41, 5.74) is 1.73. The molecule has 0 radical (unpaired) electrons. The van der Waals surface area contributed by atoms with Crippen LogP contribution >= 0.6 is 0 Å². The summed E-state index contributed by atoms with van der Waals surface area (Å²) < 4.78 is 12.7. The molecule has 0 atom stereocenters. The standard InChI is InChI=1S/C14H18N2O3/c1-3-16-8-11(7-15-16)10-19-14-6-13(18-2)5-4-12(14)9-17/h4-8,17H,3,9-10H2,1-2H3. The molecule has 0 spiro atoms. The van der Waals surface area contributed by atoms with Gasteiger partial charge in [0.2, 0.25) is 0 Å². The summed E-state index contributed by atoms with van der Waals surface area (Å²) in [5.74, 6) is 1.34. The Balaban J connectivity index is 2.09. The molecule has 19 heavy (non-hydrogen) atoms. The fraction of sp³-hybridized carbons (Fsp3) is 0.357. The molecule has 5 heteroatoms. The molecule has 5 nitrogen and oxygen atoms in total. The zero-order chi connectivity index (χ0) is 13.7. The normalized spacial score (nSPS) is 10.5. The molecule has 102 valence electrons. The maximum absolute atomic E-state index is 9.28. The van der Waals surface area contributed by atoms with Crippen LogP contribution in [0.25, 0.3) is 0 Å². The molecule has 0 aliphatic heterocycles. The molecule has 0 aliphatic rings. The van der Waals surface area contributed by atoms with Gasteiger partial charge in [0.15, 0.2) is 0 Å². The summed E-state index contributed by atoms with van der Waals surface area (Å²) in [6.45, 7) is 3.22. The van der Waals surface area contributed by atoms with E-state index in [1.54, 1.807) is 31.5 Å². The number of aliphatic hydroxyl groups is 1. The van der Waals surface area contributed by atoms with Gasteiger partial charge in [0, 0.05) is 29.9 Å². The van der Waals surface area contributed by atoms with Crippen molar-refractivity contribution in [1.82, 2.24) is 9.78 Å². The van der Waals surface area contributed by atoms with Gasteiger partial charge in [-0.1, -0.05) is 0 Å². The van der Waals surface area contributed by atoms with Gasteiger partial charge in [-0.05, 0) is 19.1 Å². The van der Waals surface area contributed by atoms with Crippen LogP contribution in [0, 0.1) is 0 Å². The number of methoxy groups -OCH3 is 1. The zero-order valence-corrected chi connectivity index (χ0v) is 11.2. The number of aliphatic hydroxyl groups excluding tert-OH is 1. The summed E-state index contributed by atoms with van der Waals surface area (Å²) in [6.07, 6.45) is 3.72. The van der Waals surface area contributed by atoms with Crippen LogP contribution in [0.4, 0.5) is 0 Å². The number of hydrogen-bond donors (Lipinski definition) is 1. The van der Waals surface area contributed by atoms with E-state index in [2.05, 4.69) is 5.10 Å². The summed E-state index contributed by atoms with van der Waals surface area (Å²) in [5, 5.41) is 13.5. The number of benzene rings is 1. The number of rotatable bonds is 6. The van der Waals surface area contributed by atoms with Gasteiger partial charge >= 0.3 is 0 Å². The van der Waals surface area contributed by atoms with Crippen LogP contribution < -0.4 is 9.47 Å². The molecule has 0 bridgehead atoms. The highest BCUT2D eigenvalue weighted by Gasteiger charge is 2.06. The number of nitrogens with zero attached hydrogens (tertiary/aromatic N) is 2. The first-order chi connectivity index (χ1) is 9.26. The van der Waals surface area contributed by atoms with Crippen molar-refractivity contribution in [1.29, 1.82) is 0 Å². The second kappa shape index (κ2) is 6.24. The van der Waals surface area contributed by atoms with Crippen LogP contribution in [0.5, 0.6) is 11.5 Å². The fourth-order valence-electron chi connectivity index (χ4n) is 1.74. The van der Waals surface area contributed by atoms with Gasteiger partial charge in [-0.25, -0.2) is 0 Å². The predicted molar refractivity (Wildman–Crippen MR) is 71.1 cm³/mol. The van der Waals surface area contributed by atoms with Gasteiger partial charge in [-0.2, -0.15) is 5.10 Å². The topological polar surface area (TPSA) is 56.5 Å². The van der Waals surface area contributed by atoms with E-state index in [1.807, 2.05) is 17.8 Å². The Kier molecular flexibility index (Phi) is 4.41. The van der Waals surface area contributed by atoms with Gasteiger partial charge < -0.3 is 14.6 Å². The highest BCUT2D eigenvalue weighted by molar-refractivity contribution is 5.40. The monoisotopic (exact) mass is 262 g/mol. The lowest BCUT2D eigenvalue weighted by Crippen LogP contribution is -1.99. The molecule has 0 saturated carbocycles. The predicted octanol–water partition coefficient (Wildman–Crippen LogP) is 1.98. The molecule has 0 amide bonds. The van der Waals surface area contributed by atoms with Crippen molar-refractivity contribution in [3.05, 3.63) is 41.7 Å². The molecule has 2 rings (SSSR count). The lowest BCUT2D eigenvalue weighted by Gasteiger charge is -2.10. The molecule has 0 unspecified atom stereocenters. The third-order valence-electron chi connectivity index (χ3n) is 2.85. The zero-order valence-electron chi connectivity index (χ0n) is 11.2. The van der Waals surface area contributed by atoms with Crippen molar-refractivity contribution >= 4 is 0 Å². The number of aromatic nitrogens is 2. The molecule has 0 fully saturated rings. The Morgan fingerprint density at radius 3 is 2.84 bits per heavy atom. The van der Waals surface area contributed by atoms with Crippen molar-refractivity contribution in [3.63, 3.8) is 0 Å². The fourth-order valence-corrected chi connectivity index (χ4v) is 1.74. The maximum atomic E-state index is 9.28. The Morgan fingerprint density at radius 1 is 1.37 bits per heavy atom. The first-order valence-electron chi connectivity index (χ1n) is 6.18. The maximum Gasteiger partial charge on any atom is 0.129 e. The van der Waals surface area contributed by atoms with Crippen LogP contribution in [-0.2, 0) is 19.8 Å². The average molecular weight is 262 g/mol. The van der Waals surface area contributed by atoms with E-state index < -0.39 is 0 Å². The Morgan fingerprint density at radius 2 is 2.21 bits per heavy atom. The lowest BCUT2D eigenvalue weighted by molar-refractivity contribution is 0.258. The quantitative estimate of drug-likeness (QED) is 0.865. The second-order valence-electron chi connectivity index (χ2n) is 4.12. The molecule has 1 N–H and O–H groups in total. The largest absolute Gasteiger partial charge is 0.497 e. The SMILES string of the molecule is CCn1cc(COc2cc(OC)ccc2CO)cn1. The molecular formula is C14H18N2O3. The Labute approximate surface area is 112 Å². The summed E-state index contributed by atoms with van der Waals surface area (Å²) in [4.78, 5) is 0. The molecule has 1 heterocycles. The highest BCUT2D eigenvalue weighted by atomic mass is 16.5. The van der Waals surface area contributed by atoms with Crippen molar-refractivity contribution in [2.24, 2.45) is 0 Å². The highest BCUT2D eigenvalue weighted by Crippen LogP contribution is 2.25. The first-order valence-corrected chi connectivity index (χ1v) is 6.18. The van der Waals surface area contributed by atoms with Crippen molar-refractivity contribution in [3.8, 4) is 11.5 Å². The number of hydrogen-bond acceptors (Lipinski definition) is 4. The smallest absolute Gasteiger partial charge is 0.129 e. The van der Waals surface area contributed by atoms with E-state index in [-0.39, 0.29) is 6.61 Å². The summed E-state index contributed by atoms with van der Waals surface area (Å²) in [7, 11) is 1.60. The minimum absolute atomic E-state index is 0.0620. The molecule has 1 aromatic carbocycles. The minimum atomic E-state index is -0.0620. The van der Waals surface area contributed by atoms with E-state index in [9.17, 15) is 5.11 Å². The van der Waals surface area contributed by atoms with E-state index in [1.165, 1.54) is 0 Å². The first kappa shape index (κ1) is 13.4. The molecule has 2 aromatic rings. The van der Waals surface area contributed by atoms with Gasteiger partial charge in [0.05, 0.1) is 19.9 Å². The van der Waals surface area contributed by atoms with Gasteiger partial charge in [-0.3, -0.25) is 4.68 Å². The number of ether oxygens (including phenoxy) is 2. The van der Waals surface area contributed by atoms with Crippen molar-refractivity contribution < 1.29 is 14.6 Å². The van der Waals surface area contributed by atoms with E-state index in [0.717, 1.165) is 17.7 Å².